The summed E-state index contributed by atoms with van der Waals surface area (Å²) in [7, 11) is -0.819. The number of nitrogens with zero attached hydrogens (tertiary/aromatic N) is 2. The molecule has 0 spiro atoms. The molecule has 0 saturated carbocycles. The third-order valence-corrected chi connectivity index (χ3v) is 7.55. The van der Waals surface area contributed by atoms with Gasteiger partial charge in [-0.05, 0) is 36.6 Å². The lowest BCUT2D eigenvalue weighted by molar-refractivity contribution is -0.126. The molecule has 1 aliphatic heterocycles. The van der Waals surface area contributed by atoms with E-state index in [2.05, 4.69) is 5.32 Å². The number of likely N-dealkylation sites (tertiary alicyclic amines) is 1. The molecule has 0 unspecified atom stereocenters. The Balaban J connectivity index is 1.62. The third kappa shape index (κ3) is 5.44. The van der Waals surface area contributed by atoms with Crippen LogP contribution in [0.25, 0.3) is 0 Å². The van der Waals surface area contributed by atoms with Crippen molar-refractivity contribution in [1.29, 1.82) is 0 Å². The van der Waals surface area contributed by atoms with Crippen LogP contribution in [-0.4, -0.2) is 56.6 Å². The fraction of sp³-hybridized carbons (Fsp3) is 0.364. The molecule has 0 radical (unpaired) electrons. The van der Waals surface area contributed by atoms with Crippen molar-refractivity contribution in [2.45, 2.75) is 24.3 Å². The predicted octanol–water partition coefficient (Wildman–Crippen LogP) is 2.76. The van der Waals surface area contributed by atoms with Crippen molar-refractivity contribution < 1.29 is 18.0 Å². The molecule has 1 fully saturated rings. The zero-order valence-electron chi connectivity index (χ0n) is 17.5. The Morgan fingerprint density at radius 3 is 2.35 bits per heavy atom. The molecule has 0 bridgehead atoms. The standard InChI is InChI=1S/C22H26ClN3O4S/c1-25(2)31(29,30)18-8-9-20(23)19(14-18)22(28)26-12-10-17(11-13-26)21(27)24-15-16-6-4-3-5-7-16/h3-9,14,17H,10-13,15H2,1-2H3,(H,24,27). The Labute approximate surface area is 188 Å². The van der Waals surface area contributed by atoms with E-state index in [9.17, 15) is 18.0 Å². The van der Waals surface area contributed by atoms with Crippen molar-refractivity contribution in [2.24, 2.45) is 5.92 Å². The van der Waals surface area contributed by atoms with E-state index < -0.39 is 10.0 Å². The van der Waals surface area contributed by atoms with Crippen molar-refractivity contribution in [3.63, 3.8) is 0 Å². The maximum absolute atomic E-state index is 13.0. The molecule has 3 rings (SSSR count). The summed E-state index contributed by atoms with van der Waals surface area (Å²) in [5.41, 5.74) is 1.18. The zero-order chi connectivity index (χ0) is 22.6. The topological polar surface area (TPSA) is 86.8 Å². The second-order valence-corrected chi connectivity index (χ2v) is 10.3. The molecule has 1 saturated heterocycles. The van der Waals surface area contributed by atoms with Crippen LogP contribution >= 0.6 is 11.6 Å². The van der Waals surface area contributed by atoms with Crippen molar-refractivity contribution in [3.8, 4) is 0 Å². The summed E-state index contributed by atoms with van der Waals surface area (Å²) < 4.78 is 25.9. The Morgan fingerprint density at radius 2 is 1.74 bits per heavy atom. The normalized spacial score (nSPS) is 15.2. The van der Waals surface area contributed by atoms with E-state index in [1.165, 1.54) is 32.3 Å². The lowest BCUT2D eigenvalue weighted by atomic mass is 9.95. The number of hydrogen-bond acceptors (Lipinski definition) is 4. The monoisotopic (exact) mass is 463 g/mol. The summed E-state index contributed by atoms with van der Waals surface area (Å²) in [6.45, 7) is 1.29. The molecule has 31 heavy (non-hydrogen) atoms. The molecule has 2 amide bonds. The molecule has 166 valence electrons. The van der Waals surface area contributed by atoms with Gasteiger partial charge in [0, 0.05) is 39.6 Å². The number of carbonyl (C=O) groups excluding carboxylic acids is 2. The van der Waals surface area contributed by atoms with Crippen molar-refractivity contribution in [1.82, 2.24) is 14.5 Å². The van der Waals surface area contributed by atoms with Gasteiger partial charge in [-0.1, -0.05) is 41.9 Å². The third-order valence-electron chi connectivity index (χ3n) is 5.41. The Kier molecular flexibility index (Phi) is 7.35. The van der Waals surface area contributed by atoms with E-state index in [1.54, 1.807) is 4.90 Å². The van der Waals surface area contributed by atoms with Gasteiger partial charge in [-0.15, -0.1) is 0 Å². The van der Waals surface area contributed by atoms with Crippen LogP contribution in [-0.2, 0) is 21.4 Å². The van der Waals surface area contributed by atoms with Gasteiger partial charge in [-0.25, -0.2) is 12.7 Å². The first-order chi connectivity index (χ1) is 14.7. The Bertz CT molecular complexity index is 1050. The van der Waals surface area contributed by atoms with E-state index in [4.69, 9.17) is 11.6 Å². The molecule has 2 aromatic rings. The number of hydrogen-bond donors (Lipinski definition) is 1. The van der Waals surface area contributed by atoms with Gasteiger partial charge in [0.25, 0.3) is 5.91 Å². The summed E-state index contributed by atoms with van der Waals surface area (Å²) in [6, 6.07) is 13.8. The summed E-state index contributed by atoms with van der Waals surface area (Å²) in [4.78, 5) is 27.1. The van der Waals surface area contributed by atoms with E-state index in [0.717, 1.165) is 9.87 Å². The van der Waals surface area contributed by atoms with Gasteiger partial charge in [0.15, 0.2) is 0 Å². The molecule has 1 N–H and O–H groups in total. The number of carbonyl (C=O) groups is 2. The average molecular weight is 464 g/mol. The first-order valence-corrected chi connectivity index (χ1v) is 11.8. The quantitative estimate of drug-likeness (QED) is 0.713. The predicted molar refractivity (Wildman–Crippen MR) is 119 cm³/mol. The van der Waals surface area contributed by atoms with Crippen LogP contribution in [0, 0.1) is 5.92 Å². The van der Waals surface area contributed by atoms with Gasteiger partial charge in [0.1, 0.15) is 0 Å². The number of nitrogens with one attached hydrogen (secondary N) is 1. The molecule has 0 aliphatic carbocycles. The van der Waals surface area contributed by atoms with Crippen LogP contribution in [0.2, 0.25) is 5.02 Å². The minimum Gasteiger partial charge on any atom is -0.352 e. The van der Waals surface area contributed by atoms with E-state index >= 15 is 0 Å². The van der Waals surface area contributed by atoms with Crippen LogP contribution in [0.4, 0.5) is 0 Å². The van der Waals surface area contributed by atoms with Gasteiger partial charge in [-0.3, -0.25) is 9.59 Å². The molecular weight excluding hydrogens is 438 g/mol. The Morgan fingerprint density at radius 1 is 1.10 bits per heavy atom. The van der Waals surface area contributed by atoms with E-state index in [-0.39, 0.29) is 33.2 Å². The number of rotatable bonds is 6. The van der Waals surface area contributed by atoms with Gasteiger partial charge < -0.3 is 10.2 Å². The molecule has 0 aromatic heterocycles. The molecule has 9 heteroatoms. The summed E-state index contributed by atoms with van der Waals surface area (Å²) >= 11 is 6.20. The highest BCUT2D eigenvalue weighted by molar-refractivity contribution is 7.89. The maximum Gasteiger partial charge on any atom is 0.255 e. The number of amides is 2. The lowest BCUT2D eigenvalue weighted by Gasteiger charge is -2.31. The average Bonchev–Trinajstić information content (AvgIpc) is 2.78. The van der Waals surface area contributed by atoms with Crippen molar-refractivity contribution >= 4 is 33.4 Å². The van der Waals surface area contributed by atoms with Crippen molar-refractivity contribution in [2.75, 3.05) is 27.2 Å². The Hall–Kier alpha value is -2.42. The fourth-order valence-corrected chi connectivity index (χ4v) is 4.61. The van der Waals surface area contributed by atoms with Gasteiger partial charge in [0.2, 0.25) is 15.9 Å². The summed E-state index contributed by atoms with van der Waals surface area (Å²) in [5.74, 6) is -0.513. The van der Waals surface area contributed by atoms with Crippen LogP contribution < -0.4 is 5.32 Å². The lowest BCUT2D eigenvalue weighted by Crippen LogP contribution is -2.43. The van der Waals surface area contributed by atoms with Crippen LogP contribution in [0.3, 0.4) is 0 Å². The minimum absolute atomic E-state index is 0.0143. The van der Waals surface area contributed by atoms with Crippen LogP contribution in [0.5, 0.6) is 0 Å². The number of sulfonamides is 1. The summed E-state index contributed by atoms with van der Waals surface area (Å²) in [5, 5.41) is 3.15. The minimum atomic E-state index is -3.68. The maximum atomic E-state index is 13.0. The van der Waals surface area contributed by atoms with Gasteiger partial charge >= 0.3 is 0 Å². The first kappa shape index (κ1) is 23.2. The summed E-state index contributed by atoms with van der Waals surface area (Å²) in [6.07, 6.45) is 1.08. The smallest absolute Gasteiger partial charge is 0.255 e. The van der Waals surface area contributed by atoms with Gasteiger partial charge in [-0.2, -0.15) is 0 Å². The van der Waals surface area contributed by atoms with E-state index in [1.807, 2.05) is 30.3 Å². The van der Waals surface area contributed by atoms with Gasteiger partial charge in [0.05, 0.1) is 15.5 Å². The van der Waals surface area contributed by atoms with Crippen LogP contribution in [0.1, 0.15) is 28.8 Å². The molecule has 2 aromatic carbocycles. The van der Waals surface area contributed by atoms with Crippen molar-refractivity contribution in [3.05, 3.63) is 64.7 Å². The highest BCUT2D eigenvalue weighted by Gasteiger charge is 2.29. The number of benzene rings is 2. The molecule has 1 aliphatic rings. The number of piperidine rings is 1. The van der Waals surface area contributed by atoms with E-state index in [0.29, 0.717) is 32.5 Å². The molecule has 0 atom stereocenters. The SMILES string of the molecule is CN(C)S(=O)(=O)c1ccc(Cl)c(C(=O)N2CCC(C(=O)NCc3ccccc3)CC2)c1. The number of halogens is 1. The zero-order valence-corrected chi connectivity index (χ0v) is 19.1. The molecule has 7 nitrogen and oxygen atoms in total. The first-order valence-electron chi connectivity index (χ1n) is 10.0. The largest absolute Gasteiger partial charge is 0.352 e. The second kappa shape index (κ2) is 9.80. The molecular formula is C22H26ClN3O4S. The highest BCUT2D eigenvalue weighted by atomic mass is 35.5. The van der Waals surface area contributed by atoms with Crippen LogP contribution in [0.15, 0.2) is 53.4 Å². The highest BCUT2D eigenvalue weighted by Crippen LogP contribution is 2.26. The second-order valence-electron chi connectivity index (χ2n) is 7.70. The molecule has 1 heterocycles. The fourth-order valence-electron chi connectivity index (χ4n) is 3.48.